The first kappa shape index (κ1) is 44.2. The van der Waals surface area contributed by atoms with E-state index in [0.717, 1.165) is 0 Å². The molecule has 0 spiro atoms. The van der Waals surface area contributed by atoms with Crippen molar-refractivity contribution in [3.05, 3.63) is 12.2 Å². The van der Waals surface area contributed by atoms with Gasteiger partial charge in [-0.15, -0.1) is 0 Å². The molecular weight excluding hydrogens is 548 g/mol. The Balaban J connectivity index is -0.000000637. The molecule has 3 atom stereocenters. The SMILES string of the molecule is C=C(C)C(=O)O.CC(O)COC(C)COC(C)CO.OCCOCCOCCOCCOCCOCCOCCO. The summed E-state index contributed by atoms with van der Waals surface area (Å²) < 4.78 is 41.7. The van der Waals surface area contributed by atoms with Crippen LogP contribution in [0.1, 0.15) is 27.7 Å². The van der Waals surface area contributed by atoms with Gasteiger partial charge in [0.15, 0.2) is 0 Å². The van der Waals surface area contributed by atoms with Gasteiger partial charge in [-0.05, 0) is 27.7 Å². The van der Waals surface area contributed by atoms with E-state index >= 15 is 0 Å². The molecule has 0 amide bonds. The van der Waals surface area contributed by atoms with Crippen molar-refractivity contribution < 1.29 is 68.2 Å². The first-order valence-electron chi connectivity index (χ1n) is 13.7. The fourth-order valence-corrected chi connectivity index (χ4v) is 2.03. The van der Waals surface area contributed by atoms with Crippen molar-refractivity contribution >= 4 is 5.97 Å². The minimum atomic E-state index is -0.935. The van der Waals surface area contributed by atoms with E-state index < -0.39 is 12.1 Å². The van der Waals surface area contributed by atoms with Crippen LogP contribution in [0.25, 0.3) is 0 Å². The second-order valence-electron chi connectivity index (χ2n) is 8.53. The average molecular weight is 605 g/mol. The Morgan fingerprint density at radius 2 is 0.902 bits per heavy atom. The molecule has 0 aromatic heterocycles. The summed E-state index contributed by atoms with van der Waals surface area (Å²) >= 11 is 0. The summed E-state index contributed by atoms with van der Waals surface area (Å²) in [6.45, 7) is 16.5. The molecule has 0 aliphatic rings. The van der Waals surface area contributed by atoms with Crippen molar-refractivity contribution in [3.8, 4) is 0 Å². The number of hydrogen-bond donors (Lipinski definition) is 5. The van der Waals surface area contributed by atoms with Crippen LogP contribution in [-0.2, 0) is 42.7 Å². The van der Waals surface area contributed by atoms with Crippen LogP contribution in [0.2, 0.25) is 0 Å². The molecule has 0 heterocycles. The standard InChI is InChI=1S/C14H30O8.C9H20O4.C4H6O2/c15-1-3-17-5-7-19-9-11-21-13-14-22-12-10-20-8-6-18-4-2-16;1-7(11)5-12-9(3)6-13-8(2)4-10;1-3(2)4(5)6/h15-16H,1-14H2;7-11H,4-6H2,1-3H3;1H2,2H3,(H,5,6). The Morgan fingerprint density at radius 3 is 1.15 bits per heavy atom. The molecule has 14 heteroatoms. The van der Waals surface area contributed by atoms with Crippen molar-refractivity contribution in [2.45, 2.75) is 46.0 Å². The minimum Gasteiger partial charge on any atom is -0.478 e. The summed E-state index contributed by atoms with van der Waals surface area (Å²) in [5, 5.41) is 42.4. The van der Waals surface area contributed by atoms with Gasteiger partial charge in [0.05, 0.1) is 131 Å². The molecule has 0 aliphatic heterocycles. The molecule has 248 valence electrons. The summed E-state index contributed by atoms with van der Waals surface area (Å²) in [5.41, 5.74) is 0.176. The lowest BCUT2D eigenvalue weighted by atomic mass is 10.4. The smallest absolute Gasteiger partial charge is 0.330 e. The fourth-order valence-electron chi connectivity index (χ4n) is 2.03. The Labute approximate surface area is 245 Å². The van der Waals surface area contributed by atoms with Crippen LogP contribution < -0.4 is 0 Å². The highest BCUT2D eigenvalue weighted by Crippen LogP contribution is 1.97. The molecule has 0 fully saturated rings. The lowest BCUT2D eigenvalue weighted by Crippen LogP contribution is -2.24. The summed E-state index contributed by atoms with van der Waals surface area (Å²) in [6.07, 6.45) is -0.654. The van der Waals surface area contributed by atoms with Gasteiger partial charge in [-0.25, -0.2) is 4.79 Å². The number of ether oxygens (including phenoxy) is 8. The molecule has 0 radical (unpaired) electrons. The summed E-state index contributed by atoms with van der Waals surface area (Å²) in [4.78, 5) is 9.60. The maximum atomic E-state index is 9.60. The Bertz CT molecular complexity index is 504. The van der Waals surface area contributed by atoms with Crippen LogP contribution in [0, 0.1) is 0 Å². The Morgan fingerprint density at radius 1 is 0.610 bits per heavy atom. The van der Waals surface area contributed by atoms with E-state index in [1.165, 1.54) is 6.92 Å². The highest BCUT2D eigenvalue weighted by molar-refractivity contribution is 5.84. The minimum absolute atomic E-state index is 0.0170. The molecule has 3 unspecified atom stereocenters. The number of aliphatic hydroxyl groups excluding tert-OH is 4. The molecule has 14 nitrogen and oxygen atoms in total. The maximum Gasteiger partial charge on any atom is 0.330 e. The third kappa shape index (κ3) is 45.9. The lowest BCUT2D eigenvalue weighted by molar-refractivity contribution is -0.132. The van der Waals surface area contributed by atoms with Crippen molar-refractivity contribution in [1.29, 1.82) is 0 Å². The number of carbonyl (C=O) groups is 1. The third-order valence-corrected chi connectivity index (χ3v) is 4.19. The number of aliphatic hydroxyl groups is 4. The maximum absolute atomic E-state index is 9.60. The van der Waals surface area contributed by atoms with Crippen LogP contribution in [0.15, 0.2) is 12.2 Å². The summed E-state index contributed by atoms with van der Waals surface area (Å²) in [6, 6.07) is 0. The number of carboxylic acid groups (broad SMARTS) is 1. The monoisotopic (exact) mass is 604 g/mol. The van der Waals surface area contributed by atoms with E-state index in [9.17, 15) is 4.79 Å². The van der Waals surface area contributed by atoms with Gasteiger partial charge < -0.3 is 63.4 Å². The van der Waals surface area contributed by atoms with Gasteiger partial charge in [0.2, 0.25) is 0 Å². The van der Waals surface area contributed by atoms with E-state index in [1.54, 1.807) is 13.8 Å². The predicted molar refractivity (Wildman–Crippen MR) is 151 cm³/mol. The highest BCUT2D eigenvalue weighted by atomic mass is 16.6. The van der Waals surface area contributed by atoms with Crippen LogP contribution in [0.3, 0.4) is 0 Å². The average Bonchev–Trinajstić information content (AvgIpc) is 2.94. The molecule has 5 N–H and O–H groups in total. The summed E-state index contributed by atoms with van der Waals surface area (Å²) in [7, 11) is 0. The van der Waals surface area contributed by atoms with Gasteiger partial charge >= 0.3 is 5.97 Å². The first-order chi connectivity index (χ1) is 19.6. The first-order valence-corrected chi connectivity index (χ1v) is 13.7. The van der Waals surface area contributed by atoms with E-state index in [0.29, 0.717) is 92.5 Å². The molecule has 0 saturated carbocycles. The van der Waals surface area contributed by atoms with Gasteiger partial charge in [0.1, 0.15) is 0 Å². The number of hydrogen-bond acceptors (Lipinski definition) is 13. The predicted octanol–water partition coefficient (Wildman–Crippen LogP) is -0.113. The van der Waals surface area contributed by atoms with Crippen molar-refractivity contribution in [3.63, 3.8) is 0 Å². The Hall–Kier alpha value is -1.27. The van der Waals surface area contributed by atoms with Crippen molar-refractivity contribution in [2.24, 2.45) is 0 Å². The molecule has 0 bridgehead atoms. The Kier molecular flexibility index (Phi) is 39.6. The molecule has 41 heavy (non-hydrogen) atoms. The van der Waals surface area contributed by atoms with Crippen LogP contribution in [0.4, 0.5) is 0 Å². The van der Waals surface area contributed by atoms with Crippen molar-refractivity contribution in [2.75, 3.05) is 112 Å². The zero-order chi connectivity index (χ0) is 31.6. The van der Waals surface area contributed by atoms with Gasteiger partial charge in [0, 0.05) is 5.57 Å². The molecule has 0 rings (SSSR count). The molecule has 0 aliphatic carbocycles. The molecule has 0 aromatic rings. The molecular formula is C27H56O14. The second-order valence-corrected chi connectivity index (χ2v) is 8.53. The van der Waals surface area contributed by atoms with E-state index in [-0.39, 0.29) is 37.6 Å². The van der Waals surface area contributed by atoms with E-state index in [1.807, 2.05) is 6.92 Å². The molecule has 0 saturated heterocycles. The number of aliphatic carboxylic acids is 1. The quantitative estimate of drug-likeness (QED) is 0.0616. The van der Waals surface area contributed by atoms with Gasteiger partial charge in [-0.3, -0.25) is 0 Å². The second kappa shape index (κ2) is 36.8. The van der Waals surface area contributed by atoms with Crippen LogP contribution >= 0.6 is 0 Å². The fraction of sp³-hybridized carbons (Fsp3) is 0.889. The zero-order valence-electron chi connectivity index (χ0n) is 25.4. The lowest BCUT2D eigenvalue weighted by Gasteiger charge is -2.16. The van der Waals surface area contributed by atoms with E-state index in [4.69, 9.17) is 63.4 Å². The highest BCUT2D eigenvalue weighted by Gasteiger charge is 2.07. The van der Waals surface area contributed by atoms with E-state index in [2.05, 4.69) is 6.58 Å². The zero-order valence-corrected chi connectivity index (χ0v) is 25.4. The number of carboxylic acids is 1. The van der Waals surface area contributed by atoms with Crippen LogP contribution in [-0.4, -0.2) is 162 Å². The van der Waals surface area contributed by atoms with Crippen LogP contribution in [0.5, 0.6) is 0 Å². The number of rotatable bonds is 27. The topological polar surface area (TPSA) is 192 Å². The normalized spacial score (nSPS) is 12.9. The van der Waals surface area contributed by atoms with Crippen molar-refractivity contribution in [1.82, 2.24) is 0 Å². The van der Waals surface area contributed by atoms with Gasteiger partial charge in [-0.2, -0.15) is 0 Å². The third-order valence-electron chi connectivity index (χ3n) is 4.19. The summed E-state index contributed by atoms with van der Waals surface area (Å²) in [5.74, 6) is -0.935. The largest absolute Gasteiger partial charge is 0.478 e. The molecule has 0 aromatic carbocycles. The van der Waals surface area contributed by atoms with Gasteiger partial charge in [0.25, 0.3) is 0 Å². The van der Waals surface area contributed by atoms with Gasteiger partial charge in [-0.1, -0.05) is 6.58 Å².